The van der Waals surface area contributed by atoms with Crippen molar-refractivity contribution in [2.75, 3.05) is 0 Å². The Hall–Kier alpha value is -0.630. The van der Waals surface area contributed by atoms with Gasteiger partial charge in [0.25, 0.3) is 0 Å². The van der Waals surface area contributed by atoms with E-state index in [1.165, 1.54) is 0 Å². The second kappa shape index (κ2) is 3.26. The van der Waals surface area contributed by atoms with Crippen molar-refractivity contribution in [3.63, 3.8) is 0 Å². The molecule has 13 heavy (non-hydrogen) atoms. The van der Waals surface area contributed by atoms with E-state index in [9.17, 15) is 9.90 Å². The minimum absolute atomic E-state index is 0.0729. The lowest BCUT2D eigenvalue weighted by atomic mass is 9.67. The zero-order chi connectivity index (χ0) is 10.2. The summed E-state index contributed by atoms with van der Waals surface area (Å²) in [5.41, 5.74) is 1.01. The number of allylic oxidation sites excluding steroid dienone is 2. The van der Waals surface area contributed by atoms with Crippen LogP contribution in [0.25, 0.3) is 0 Å². The van der Waals surface area contributed by atoms with Crippen LogP contribution < -0.4 is 0 Å². The van der Waals surface area contributed by atoms with Gasteiger partial charge in [0.15, 0.2) is 5.78 Å². The molecule has 0 aromatic carbocycles. The van der Waals surface area contributed by atoms with Crippen molar-refractivity contribution in [1.29, 1.82) is 0 Å². The monoisotopic (exact) mass is 182 g/mol. The zero-order valence-electron chi connectivity index (χ0n) is 8.79. The van der Waals surface area contributed by atoms with Gasteiger partial charge in [-0.3, -0.25) is 4.79 Å². The SMILES string of the molecule is CC1=CC(=O)[C@@H]([C@H](C)O)C(C)(C)C1. The number of aliphatic hydroxyl groups is 1. The molecule has 1 aliphatic rings. The van der Waals surface area contributed by atoms with Crippen molar-refractivity contribution in [2.24, 2.45) is 11.3 Å². The molecule has 0 saturated carbocycles. The summed E-state index contributed by atoms with van der Waals surface area (Å²) in [5.74, 6) is -0.167. The third-order valence-electron chi connectivity index (χ3n) is 2.75. The normalized spacial score (nSPS) is 29.8. The molecule has 2 atom stereocenters. The van der Waals surface area contributed by atoms with E-state index in [1.54, 1.807) is 13.0 Å². The molecule has 0 saturated heterocycles. The van der Waals surface area contributed by atoms with Gasteiger partial charge in [-0.2, -0.15) is 0 Å². The lowest BCUT2D eigenvalue weighted by Gasteiger charge is -2.38. The van der Waals surface area contributed by atoms with E-state index in [1.807, 2.05) is 20.8 Å². The molecule has 1 aliphatic carbocycles. The van der Waals surface area contributed by atoms with Crippen LogP contribution in [0, 0.1) is 11.3 Å². The Morgan fingerprint density at radius 3 is 2.54 bits per heavy atom. The number of aliphatic hydroxyl groups excluding tert-OH is 1. The molecule has 0 fully saturated rings. The fourth-order valence-corrected chi connectivity index (χ4v) is 2.49. The summed E-state index contributed by atoms with van der Waals surface area (Å²) in [6.45, 7) is 7.74. The fourth-order valence-electron chi connectivity index (χ4n) is 2.49. The molecule has 0 radical (unpaired) electrons. The molecule has 2 nitrogen and oxygen atoms in total. The van der Waals surface area contributed by atoms with Gasteiger partial charge in [-0.25, -0.2) is 0 Å². The number of rotatable bonds is 1. The fraction of sp³-hybridized carbons (Fsp3) is 0.727. The molecule has 0 bridgehead atoms. The molecule has 0 spiro atoms. The number of carbonyl (C=O) groups excluding carboxylic acids is 1. The number of ketones is 1. The molecule has 0 aliphatic heterocycles. The quantitative estimate of drug-likeness (QED) is 0.672. The Morgan fingerprint density at radius 2 is 2.15 bits per heavy atom. The summed E-state index contributed by atoms with van der Waals surface area (Å²) in [6, 6.07) is 0. The highest BCUT2D eigenvalue weighted by Gasteiger charge is 2.40. The molecule has 1 rings (SSSR count). The van der Waals surface area contributed by atoms with Gasteiger partial charge in [0.05, 0.1) is 12.0 Å². The van der Waals surface area contributed by atoms with Crippen LogP contribution in [0.1, 0.15) is 34.1 Å². The summed E-state index contributed by atoms with van der Waals surface area (Å²) < 4.78 is 0. The molecule has 74 valence electrons. The molecule has 0 aromatic heterocycles. The van der Waals surface area contributed by atoms with E-state index >= 15 is 0 Å². The summed E-state index contributed by atoms with van der Waals surface area (Å²) in [7, 11) is 0. The number of hydrogen-bond acceptors (Lipinski definition) is 2. The van der Waals surface area contributed by atoms with Gasteiger partial charge in [-0.1, -0.05) is 19.4 Å². The van der Waals surface area contributed by atoms with Gasteiger partial charge >= 0.3 is 0 Å². The summed E-state index contributed by atoms with van der Waals surface area (Å²) in [6.07, 6.45) is 2.02. The van der Waals surface area contributed by atoms with Crippen molar-refractivity contribution in [1.82, 2.24) is 0 Å². The predicted molar refractivity (Wildman–Crippen MR) is 52.3 cm³/mol. The molecule has 0 unspecified atom stereocenters. The van der Waals surface area contributed by atoms with Crippen LogP contribution in [0.3, 0.4) is 0 Å². The first kappa shape index (κ1) is 10.5. The van der Waals surface area contributed by atoms with Crippen molar-refractivity contribution in [2.45, 2.75) is 40.2 Å². The van der Waals surface area contributed by atoms with E-state index < -0.39 is 6.10 Å². The number of carbonyl (C=O) groups is 1. The largest absolute Gasteiger partial charge is 0.393 e. The van der Waals surface area contributed by atoms with Gasteiger partial charge in [-0.15, -0.1) is 0 Å². The van der Waals surface area contributed by atoms with Crippen LogP contribution in [-0.4, -0.2) is 17.0 Å². The lowest BCUT2D eigenvalue weighted by molar-refractivity contribution is -0.127. The zero-order valence-corrected chi connectivity index (χ0v) is 8.79. The first-order valence-corrected chi connectivity index (χ1v) is 4.73. The Labute approximate surface area is 79.6 Å². The van der Waals surface area contributed by atoms with Crippen LogP contribution in [0.15, 0.2) is 11.6 Å². The van der Waals surface area contributed by atoms with Crippen LogP contribution in [0.4, 0.5) is 0 Å². The van der Waals surface area contributed by atoms with Crippen LogP contribution in [0.2, 0.25) is 0 Å². The Balaban J connectivity index is 3.01. The summed E-state index contributed by atoms with van der Waals surface area (Å²) in [4.78, 5) is 11.6. The summed E-state index contributed by atoms with van der Waals surface area (Å²) in [5, 5.41) is 9.52. The van der Waals surface area contributed by atoms with Gasteiger partial charge in [-0.05, 0) is 31.8 Å². The van der Waals surface area contributed by atoms with Gasteiger partial charge in [0.2, 0.25) is 0 Å². The third kappa shape index (κ3) is 1.99. The van der Waals surface area contributed by atoms with Crippen molar-refractivity contribution < 1.29 is 9.90 Å². The standard InChI is InChI=1S/C11H18O2/c1-7-5-9(13)10(8(2)12)11(3,4)6-7/h5,8,10,12H,6H2,1-4H3/t8-,10+/m0/s1. The molecule has 0 heterocycles. The molecule has 2 heteroatoms. The molecule has 0 amide bonds. The average molecular weight is 182 g/mol. The lowest BCUT2D eigenvalue weighted by Crippen LogP contribution is -2.40. The average Bonchev–Trinajstić information content (AvgIpc) is 1.78. The highest BCUT2D eigenvalue weighted by Crippen LogP contribution is 2.40. The van der Waals surface area contributed by atoms with E-state index in [-0.39, 0.29) is 17.1 Å². The van der Waals surface area contributed by atoms with Gasteiger partial charge < -0.3 is 5.11 Å². The molecular formula is C11H18O2. The van der Waals surface area contributed by atoms with E-state index in [2.05, 4.69) is 0 Å². The van der Waals surface area contributed by atoms with Gasteiger partial charge in [0.1, 0.15) is 0 Å². The maximum atomic E-state index is 11.6. The highest BCUT2D eigenvalue weighted by molar-refractivity contribution is 5.94. The highest BCUT2D eigenvalue weighted by atomic mass is 16.3. The van der Waals surface area contributed by atoms with Crippen molar-refractivity contribution >= 4 is 5.78 Å². The maximum Gasteiger partial charge on any atom is 0.161 e. The van der Waals surface area contributed by atoms with E-state index in [0.717, 1.165) is 12.0 Å². The number of hydrogen-bond donors (Lipinski definition) is 1. The Morgan fingerprint density at radius 1 is 1.62 bits per heavy atom. The van der Waals surface area contributed by atoms with Crippen LogP contribution >= 0.6 is 0 Å². The first-order chi connectivity index (χ1) is 5.84. The minimum atomic E-state index is -0.549. The van der Waals surface area contributed by atoms with Crippen LogP contribution in [-0.2, 0) is 4.79 Å². The summed E-state index contributed by atoms with van der Waals surface area (Å²) >= 11 is 0. The second-order valence-electron chi connectivity index (χ2n) is 4.78. The Kier molecular flexibility index (Phi) is 2.62. The minimum Gasteiger partial charge on any atom is -0.393 e. The van der Waals surface area contributed by atoms with E-state index in [0.29, 0.717) is 0 Å². The smallest absolute Gasteiger partial charge is 0.161 e. The second-order valence-corrected chi connectivity index (χ2v) is 4.78. The van der Waals surface area contributed by atoms with Crippen molar-refractivity contribution in [3.05, 3.63) is 11.6 Å². The predicted octanol–water partition coefficient (Wildman–Crippen LogP) is 1.93. The van der Waals surface area contributed by atoms with Crippen molar-refractivity contribution in [3.8, 4) is 0 Å². The molecule has 1 N–H and O–H groups in total. The first-order valence-electron chi connectivity index (χ1n) is 4.73. The topological polar surface area (TPSA) is 37.3 Å². The third-order valence-corrected chi connectivity index (χ3v) is 2.75. The molecular weight excluding hydrogens is 164 g/mol. The maximum absolute atomic E-state index is 11.6. The van der Waals surface area contributed by atoms with Gasteiger partial charge in [0, 0.05) is 0 Å². The van der Waals surface area contributed by atoms with E-state index in [4.69, 9.17) is 0 Å². The van der Waals surface area contributed by atoms with Crippen LogP contribution in [0.5, 0.6) is 0 Å². The molecule has 0 aromatic rings. The Bertz CT molecular complexity index is 249.